The molecule has 5 heteroatoms. The van der Waals surface area contributed by atoms with Crippen LogP contribution in [0.1, 0.15) is 31.2 Å². The Labute approximate surface area is 126 Å². The van der Waals surface area contributed by atoms with Crippen molar-refractivity contribution >= 4 is 0 Å². The zero-order valence-electron chi connectivity index (χ0n) is 13.1. The van der Waals surface area contributed by atoms with E-state index in [1.165, 1.54) is 0 Å². The van der Waals surface area contributed by atoms with Crippen molar-refractivity contribution in [1.29, 1.82) is 0 Å². The van der Waals surface area contributed by atoms with E-state index in [-0.39, 0.29) is 0 Å². The van der Waals surface area contributed by atoms with Crippen molar-refractivity contribution in [2.45, 2.75) is 37.8 Å². The van der Waals surface area contributed by atoms with Crippen LogP contribution in [0.25, 0.3) is 0 Å². The van der Waals surface area contributed by atoms with Crippen LogP contribution in [0.3, 0.4) is 0 Å². The van der Waals surface area contributed by atoms with Crippen LogP contribution in [0.4, 0.5) is 0 Å². The van der Waals surface area contributed by atoms with Crippen LogP contribution in [-0.4, -0.2) is 38.6 Å². The molecule has 0 amide bonds. The van der Waals surface area contributed by atoms with Gasteiger partial charge in [0.2, 0.25) is 5.75 Å². The Balaban J connectivity index is 2.02. The van der Waals surface area contributed by atoms with Gasteiger partial charge in [-0.2, -0.15) is 0 Å². The summed E-state index contributed by atoms with van der Waals surface area (Å²) >= 11 is 0. The number of methoxy groups -OCH3 is 3. The van der Waals surface area contributed by atoms with E-state index in [2.05, 4.69) is 5.32 Å². The lowest BCUT2D eigenvalue weighted by atomic mass is 10.0. The van der Waals surface area contributed by atoms with E-state index in [0.29, 0.717) is 30.3 Å². The van der Waals surface area contributed by atoms with Gasteiger partial charge in [-0.3, -0.25) is 0 Å². The molecule has 0 spiro atoms. The van der Waals surface area contributed by atoms with Crippen LogP contribution >= 0.6 is 0 Å². The third-order valence-electron chi connectivity index (χ3n) is 4.04. The number of rotatable bonds is 7. The Morgan fingerprint density at radius 1 is 1.05 bits per heavy atom. The second kappa shape index (κ2) is 7.00. The second-order valence-electron chi connectivity index (χ2n) is 5.57. The van der Waals surface area contributed by atoms with E-state index in [0.717, 1.165) is 31.2 Å². The maximum atomic E-state index is 10.3. The van der Waals surface area contributed by atoms with E-state index in [1.807, 2.05) is 12.1 Å². The van der Waals surface area contributed by atoms with Crippen molar-refractivity contribution in [3.05, 3.63) is 17.7 Å². The van der Waals surface area contributed by atoms with E-state index in [9.17, 15) is 5.11 Å². The predicted molar refractivity (Wildman–Crippen MR) is 81.2 cm³/mol. The predicted octanol–water partition coefficient (Wildman–Crippen LogP) is 2.11. The second-order valence-corrected chi connectivity index (χ2v) is 5.57. The molecule has 1 fully saturated rings. The van der Waals surface area contributed by atoms with Gasteiger partial charge in [0.25, 0.3) is 0 Å². The SMILES string of the molecule is COc1cc(CNCC2(O)CCCC2)cc(OC)c1OC. The Hall–Kier alpha value is -1.46. The minimum Gasteiger partial charge on any atom is -0.493 e. The summed E-state index contributed by atoms with van der Waals surface area (Å²) in [4.78, 5) is 0. The van der Waals surface area contributed by atoms with Crippen molar-refractivity contribution in [2.24, 2.45) is 0 Å². The number of aliphatic hydroxyl groups is 1. The van der Waals surface area contributed by atoms with Crippen LogP contribution in [-0.2, 0) is 6.54 Å². The fourth-order valence-corrected chi connectivity index (χ4v) is 2.89. The van der Waals surface area contributed by atoms with Gasteiger partial charge in [0.05, 0.1) is 26.9 Å². The Kier molecular flexibility index (Phi) is 5.31. The Morgan fingerprint density at radius 3 is 2.10 bits per heavy atom. The molecule has 0 aliphatic heterocycles. The number of nitrogens with one attached hydrogen (secondary N) is 1. The van der Waals surface area contributed by atoms with Gasteiger partial charge in [-0.05, 0) is 30.5 Å². The molecule has 21 heavy (non-hydrogen) atoms. The van der Waals surface area contributed by atoms with E-state index in [4.69, 9.17) is 14.2 Å². The van der Waals surface area contributed by atoms with Crippen LogP contribution in [0.2, 0.25) is 0 Å². The molecule has 2 N–H and O–H groups in total. The molecule has 0 radical (unpaired) electrons. The Morgan fingerprint density at radius 2 is 1.62 bits per heavy atom. The third-order valence-corrected chi connectivity index (χ3v) is 4.04. The maximum absolute atomic E-state index is 10.3. The first kappa shape index (κ1) is 15.9. The first-order chi connectivity index (χ1) is 10.1. The summed E-state index contributed by atoms with van der Waals surface area (Å²) < 4.78 is 16.0. The summed E-state index contributed by atoms with van der Waals surface area (Å²) in [5, 5.41) is 13.6. The molecule has 0 saturated heterocycles. The van der Waals surface area contributed by atoms with E-state index < -0.39 is 5.60 Å². The summed E-state index contributed by atoms with van der Waals surface area (Å²) in [6, 6.07) is 3.85. The van der Waals surface area contributed by atoms with E-state index >= 15 is 0 Å². The first-order valence-corrected chi connectivity index (χ1v) is 7.34. The standard InChI is InChI=1S/C16H25NO4/c1-19-13-8-12(9-14(20-2)15(13)21-3)10-17-11-16(18)6-4-5-7-16/h8-9,17-18H,4-7,10-11H2,1-3H3. The number of hydrogen-bond acceptors (Lipinski definition) is 5. The lowest BCUT2D eigenvalue weighted by Gasteiger charge is -2.22. The van der Waals surface area contributed by atoms with Crippen LogP contribution in [0.5, 0.6) is 17.2 Å². The molecule has 0 atom stereocenters. The van der Waals surface area contributed by atoms with Crippen molar-refractivity contribution in [3.8, 4) is 17.2 Å². The lowest BCUT2D eigenvalue weighted by Crippen LogP contribution is -2.37. The highest BCUT2D eigenvalue weighted by atomic mass is 16.5. The minimum atomic E-state index is -0.541. The quantitative estimate of drug-likeness (QED) is 0.807. The molecule has 1 aliphatic rings. The molecule has 0 heterocycles. The van der Waals surface area contributed by atoms with Gasteiger partial charge in [0, 0.05) is 13.1 Å². The zero-order valence-corrected chi connectivity index (χ0v) is 13.1. The molecule has 5 nitrogen and oxygen atoms in total. The topological polar surface area (TPSA) is 60.0 Å². The summed E-state index contributed by atoms with van der Waals surface area (Å²) in [6.07, 6.45) is 4.00. The third kappa shape index (κ3) is 3.80. The molecule has 118 valence electrons. The van der Waals surface area contributed by atoms with E-state index in [1.54, 1.807) is 21.3 Å². The molecule has 0 unspecified atom stereocenters. The maximum Gasteiger partial charge on any atom is 0.203 e. The van der Waals surface area contributed by atoms with Gasteiger partial charge in [0.15, 0.2) is 11.5 Å². The van der Waals surface area contributed by atoms with Gasteiger partial charge >= 0.3 is 0 Å². The van der Waals surface area contributed by atoms with Gasteiger partial charge < -0.3 is 24.6 Å². The molecule has 0 aromatic heterocycles. The Bertz CT molecular complexity index is 444. The molecule has 0 bridgehead atoms. The number of benzene rings is 1. The summed E-state index contributed by atoms with van der Waals surface area (Å²) in [7, 11) is 4.80. The van der Waals surface area contributed by atoms with Crippen LogP contribution in [0.15, 0.2) is 12.1 Å². The highest BCUT2D eigenvalue weighted by molar-refractivity contribution is 5.53. The first-order valence-electron chi connectivity index (χ1n) is 7.34. The van der Waals surface area contributed by atoms with Crippen molar-refractivity contribution < 1.29 is 19.3 Å². The monoisotopic (exact) mass is 295 g/mol. The highest BCUT2D eigenvalue weighted by Gasteiger charge is 2.30. The van der Waals surface area contributed by atoms with Crippen LogP contribution in [0, 0.1) is 0 Å². The molecule has 2 rings (SSSR count). The van der Waals surface area contributed by atoms with Gasteiger partial charge in [-0.15, -0.1) is 0 Å². The van der Waals surface area contributed by atoms with Crippen molar-refractivity contribution in [2.75, 3.05) is 27.9 Å². The lowest BCUT2D eigenvalue weighted by molar-refractivity contribution is 0.0475. The average molecular weight is 295 g/mol. The highest BCUT2D eigenvalue weighted by Crippen LogP contribution is 2.38. The largest absolute Gasteiger partial charge is 0.493 e. The summed E-state index contributed by atoms with van der Waals surface area (Å²) in [5.74, 6) is 1.89. The molecule has 1 aromatic rings. The normalized spacial score (nSPS) is 16.8. The molecular formula is C16H25NO4. The summed E-state index contributed by atoms with van der Waals surface area (Å²) in [6.45, 7) is 1.27. The molecular weight excluding hydrogens is 270 g/mol. The molecule has 1 saturated carbocycles. The van der Waals surface area contributed by atoms with Gasteiger partial charge in [-0.25, -0.2) is 0 Å². The molecule has 1 aliphatic carbocycles. The average Bonchev–Trinajstić information content (AvgIpc) is 2.92. The number of ether oxygens (including phenoxy) is 3. The number of hydrogen-bond donors (Lipinski definition) is 2. The van der Waals surface area contributed by atoms with Gasteiger partial charge in [-0.1, -0.05) is 12.8 Å². The van der Waals surface area contributed by atoms with Crippen molar-refractivity contribution in [1.82, 2.24) is 5.32 Å². The van der Waals surface area contributed by atoms with Crippen molar-refractivity contribution in [3.63, 3.8) is 0 Å². The summed E-state index contributed by atoms with van der Waals surface area (Å²) in [5.41, 5.74) is 0.492. The smallest absolute Gasteiger partial charge is 0.203 e. The van der Waals surface area contributed by atoms with Gasteiger partial charge in [0.1, 0.15) is 0 Å². The fraction of sp³-hybridized carbons (Fsp3) is 0.625. The minimum absolute atomic E-state index is 0.541. The fourth-order valence-electron chi connectivity index (χ4n) is 2.89. The molecule has 1 aromatic carbocycles. The van der Waals surface area contributed by atoms with Crippen LogP contribution < -0.4 is 19.5 Å². The zero-order chi connectivity index (χ0) is 15.3.